The number of methoxy groups -OCH3 is 1. The van der Waals surface area contributed by atoms with Crippen LogP contribution >= 0.6 is 7.82 Å². The average molecular weight is 606 g/mol. The molecule has 0 radical (unpaired) electrons. The fraction of sp³-hybridized carbons (Fsp3) is 0.696. The van der Waals surface area contributed by atoms with Gasteiger partial charge in [0.2, 0.25) is 25.3 Å². The molecule has 3 N–H and O–H groups in total. The van der Waals surface area contributed by atoms with Crippen LogP contribution in [-0.2, 0) is 46.7 Å². The molecule has 1 aliphatic heterocycles. The molecule has 2 aromatic heterocycles. The van der Waals surface area contributed by atoms with Crippen LogP contribution in [0.25, 0.3) is 11.2 Å². The molecule has 0 bridgehead atoms. The van der Waals surface area contributed by atoms with Crippen LogP contribution < -0.4 is 11.3 Å². The smallest absolute Gasteiger partial charge is 0.437 e. The van der Waals surface area contributed by atoms with Crippen LogP contribution in [0.4, 0.5) is 10.3 Å². The van der Waals surface area contributed by atoms with E-state index in [4.69, 9.17) is 38.3 Å². The molecule has 2 aromatic rings. The molecule has 2 fully saturated rings. The van der Waals surface area contributed by atoms with E-state index in [-0.39, 0.29) is 17.1 Å². The Hall–Kier alpha value is -2.95. The van der Waals surface area contributed by atoms with Crippen molar-refractivity contribution in [1.29, 1.82) is 0 Å². The number of nitrogens with one attached hydrogen (secondary N) is 1. The molecule has 1 saturated carbocycles. The number of halogens is 1. The van der Waals surface area contributed by atoms with E-state index in [0.717, 1.165) is 6.33 Å². The molecule has 228 valence electrons. The number of esters is 2. The molecular formula is C23H33FN5O11P. The summed E-state index contributed by atoms with van der Waals surface area (Å²) >= 11 is 0. The van der Waals surface area contributed by atoms with Gasteiger partial charge in [0.1, 0.15) is 6.10 Å². The van der Waals surface area contributed by atoms with Crippen molar-refractivity contribution in [2.75, 3.05) is 26.4 Å². The van der Waals surface area contributed by atoms with Crippen molar-refractivity contribution < 1.29 is 51.1 Å². The molecule has 4 rings (SSSR count). The van der Waals surface area contributed by atoms with E-state index in [1.165, 1.54) is 11.7 Å². The molecule has 0 spiro atoms. The Morgan fingerprint density at radius 3 is 2.20 bits per heavy atom. The molecule has 5 atom stereocenters. The van der Waals surface area contributed by atoms with Gasteiger partial charge in [-0.2, -0.15) is 4.98 Å². The van der Waals surface area contributed by atoms with Crippen molar-refractivity contribution in [3.63, 3.8) is 0 Å². The third kappa shape index (κ3) is 6.01. The van der Waals surface area contributed by atoms with E-state index in [1.54, 1.807) is 41.5 Å². The first-order valence-electron chi connectivity index (χ1n) is 12.4. The molecule has 41 heavy (non-hydrogen) atoms. The third-order valence-electron chi connectivity index (χ3n) is 6.31. The number of carbonyl (C=O) groups is 2. The highest BCUT2D eigenvalue weighted by Gasteiger charge is 2.80. The van der Waals surface area contributed by atoms with Crippen LogP contribution in [0.5, 0.6) is 0 Å². The molecule has 1 saturated heterocycles. The lowest BCUT2D eigenvalue weighted by molar-refractivity contribution is -0.201. The van der Waals surface area contributed by atoms with Gasteiger partial charge < -0.3 is 24.7 Å². The van der Waals surface area contributed by atoms with Crippen molar-refractivity contribution in [1.82, 2.24) is 19.5 Å². The van der Waals surface area contributed by atoms with Gasteiger partial charge in [-0.15, -0.1) is 0 Å². The monoisotopic (exact) mass is 605 g/mol. The number of nitrogens with two attached hydrogens (primary N) is 1. The number of fused-ring (bicyclic) bond motifs is 2. The number of alkyl halides is 1. The van der Waals surface area contributed by atoms with Crippen LogP contribution in [0.1, 0.15) is 47.8 Å². The van der Waals surface area contributed by atoms with Gasteiger partial charge in [0.15, 0.2) is 23.6 Å². The van der Waals surface area contributed by atoms with Crippen molar-refractivity contribution >= 4 is 36.9 Å². The summed E-state index contributed by atoms with van der Waals surface area (Å²) in [6.45, 7) is 7.90. The number of rotatable bonds is 10. The Balaban J connectivity index is 1.51. The number of hydrogen-bond donors (Lipinski definition) is 2. The molecular weight excluding hydrogens is 572 g/mol. The topological polar surface area (TPSA) is 205 Å². The SMILES string of the molecule is CO[C@]12O[C@@H](n3cnc4c(=O)[nH]c(N)nc43)[C@H](F)C1C2OP(=O)(OCOC(=O)C(C)(C)C)OCOC(=O)C(C)(C)C. The molecule has 1 aliphatic carbocycles. The Kier molecular flexibility index (Phi) is 8.10. The Bertz CT molecular complexity index is 1400. The summed E-state index contributed by atoms with van der Waals surface area (Å²) in [4.78, 5) is 46.6. The zero-order chi connectivity index (χ0) is 30.5. The fourth-order valence-electron chi connectivity index (χ4n) is 4.04. The quantitative estimate of drug-likeness (QED) is 0.226. The van der Waals surface area contributed by atoms with Gasteiger partial charge in [-0.05, 0) is 41.5 Å². The second-order valence-corrected chi connectivity index (χ2v) is 13.1. The first-order valence-corrected chi connectivity index (χ1v) is 13.9. The second kappa shape index (κ2) is 10.7. The lowest BCUT2D eigenvalue weighted by Crippen LogP contribution is -2.29. The van der Waals surface area contributed by atoms with E-state index in [9.17, 15) is 18.9 Å². The summed E-state index contributed by atoms with van der Waals surface area (Å²) in [5.74, 6) is -4.45. The Morgan fingerprint density at radius 1 is 1.15 bits per heavy atom. The van der Waals surface area contributed by atoms with Gasteiger partial charge in [-0.3, -0.25) is 28.5 Å². The Labute approximate surface area is 233 Å². The molecule has 2 aliphatic rings. The predicted octanol–water partition coefficient (Wildman–Crippen LogP) is 2.16. The van der Waals surface area contributed by atoms with Gasteiger partial charge in [-0.1, -0.05) is 0 Å². The largest absolute Gasteiger partial charge is 0.481 e. The summed E-state index contributed by atoms with van der Waals surface area (Å²) in [7, 11) is -3.45. The highest BCUT2D eigenvalue weighted by Crippen LogP contribution is 2.67. The summed E-state index contributed by atoms with van der Waals surface area (Å²) < 4.78 is 67.6. The van der Waals surface area contributed by atoms with Gasteiger partial charge in [0.25, 0.3) is 5.56 Å². The maximum atomic E-state index is 15.8. The molecule has 0 amide bonds. The highest BCUT2D eigenvalue weighted by molar-refractivity contribution is 7.48. The predicted molar refractivity (Wildman–Crippen MR) is 136 cm³/mol. The third-order valence-corrected chi connectivity index (χ3v) is 7.64. The molecule has 0 aromatic carbocycles. The summed E-state index contributed by atoms with van der Waals surface area (Å²) in [5, 5.41) is 0. The minimum absolute atomic E-state index is 0.0254. The first-order chi connectivity index (χ1) is 18.9. The number of carbonyl (C=O) groups excluding carboxylic acids is 2. The molecule has 3 heterocycles. The molecule has 16 nitrogen and oxygen atoms in total. The van der Waals surface area contributed by atoms with Crippen molar-refractivity contribution in [2.45, 2.75) is 65.8 Å². The first kappa shape index (κ1) is 31.0. The zero-order valence-electron chi connectivity index (χ0n) is 23.5. The fourth-order valence-corrected chi connectivity index (χ4v) is 5.16. The lowest BCUT2D eigenvalue weighted by atomic mass is 9.98. The van der Waals surface area contributed by atoms with Gasteiger partial charge in [-0.25, -0.2) is 23.0 Å². The number of nitrogen functional groups attached to an aromatic ring is 1. The number of aromatic amines is 1. The molecule has 18 heteroatoms. The van der Waals surface area contributed by atoms with Crippen LogP contribution in [-0.4, -0.2) is 70.2 Å². The van der Waals surface area contributed by atoms with Gasteiger partial charge >= 0.3 is 19.8 Å². The number of phosphoric acid groups is 1. The van der Waals surface area contributed by atoms with E-state index < -0.39 is 79.9 Å². The minimum Gasteiger partial charge on any atom is -0.437 e. The number of H-pyrrole nitrogens is 1. The number of imidazole rings is 1. The maximum absolute atomic E-state index is 15.8. The van der Waals surface area contributed by atoms with Gasteiger partial charge in [0, 0.05) is 7.11 Å². The summed E-state index contributed by atoms with van der Waals surface area (Å²) in [5.41, 5.74) is 3.10. The van der Waals surface area contributed by atoms with E-state index >= 15 is 4.39 Å². The zero-order valence-corrected chi connectivity index (χ0v) is 24.4. The number of anilines is 1. The van der Waals surface area contributed by atoms with Crippen molar-refractivity contribution in [3.8, 4) is 0 Å². The van der Waals surface area contributed by atoms with E-state index in [0.29, 0.717) is 0 Å². The maximum Gasteiger partial charge on any atom is 0.481 e. The van der Waals surface area contributed by atoms with Crippen LogP contribution in [0.15, 0.2) is 11.1 Å². The molecule has 2 unspecified atom stereocenters. The van der Waals surface area contributed by atoms with Crippen LogP contribution in [0.3, 0.4) is 0 Å². The van der Waals surface area contributed by atoms with Crippen molar-refractivity contribution in [2.24, 2.45) is 16.7 Å². The number of hydrogen-bond acceptors (Lipinski definition) is 14. The normalized spacial score (nSPS) is 26.1. The highest BCUT2D eigenvalue weighted by atomic mass is 31.2. The van der Waals surface area contributed by atoms with E-state index in [1.807, 2.05) is 0 Å². The number of nitrogens with zero attached hydrogens (tertiary/aromatic N) is 3. The Morgan fingerprint density at radius 2 is 1.71 bits per heavy atom. The number of aromatic nitrogens is 4. The van der Waals surface area contributed by atoms with E-state index in [2.05, 4.69) is 15.0 Å². The number of phosphoric ester groups is 1. The standard InChI is InChI=1S/C23H33FN5O11P/c1-21(2,3)18(31)35-9-37-41(33,38-10-36-19(32)22(4,5)6)40-14-11-12(24)17(39-23(11,14)34-7)29-8-26-13-15(29)27-20(25)28-16(13)30/h8,11-12,14,17H,9-10H2,1-7H3,(H3,25,27,28,30)/t11?,12-,14?,17-,23+/m1/s1. The minimum atomic E-state index is -4.67. The van der Waals surface area contributed by atoms with Crippen LogP contribution in [0.2, 0.25) is 0 Å². The lowest BCUT2D eigenvalue weighted by Gasteiger charge is -2.25. The number of ether oxygens (including phenoxy) is 4. The van der Waals surface area contributed by atoms with Crippen molar-refractivity contribution in [3.05, 3.63) is 16.7 Å². The summed E-state index contributed by atoms with van der Waals surface area (Å²) in [6, 6.07) is 0. The second-order valence-electron chi connectivity index (χ2n) is 11.5. The summed E-state index contributed by atoms with van der Waals surface area (Å²) in [6.07, 6.45) is -3.36. The average Bonchev–Trinajstić information content (AvgIpc) is 3.10. The van der Waals surface area contributed by atoms with Gasteiger partial charge in [0.05, 0.1) is 23.1 Å². The van der Waals surface area contributed by atoms with Crippen LogP contribution in [0, 0.1) is 16.7 Å².